The molecule has 0 N–H and O–H groups in total. The van der Waals surface area contributed by atoms with E-state index in [9.17, 15) is 8.78 Å². The van der Waals surface area contributed by atoms with Gasteiger partial charge in [0.2, 0.25) is 0 Å². The summed E-state index contributed by atoms with van der Waals surface area (Å²) in [4.78, 5) is 7.17. The highest BCUT2D eigenvalue weighted by Crippen LogP contribution is 2.22. The molecule has 0 aliphatic carbocycles. The van der Waals surface area contributed by atoms with Gasteiger partial charge in [0.25, 0.3) is 0 Å². The summed E-state index contributed by atoms with van der Waals surface area (Å²) in [5.74, 6) is -0.303. The number of hydrogen-bond acceptors (Lipinski definition) is 1. The number of hydrogen-bond donors (Lipinski definition) is 0. The third kappa shape index (κ3) is 34.1. The van der Waals surface area contributed by atoms with Gasteiger partial charge in [-0.05, 0) is 116 Å². The molecule has 0 fully saturated rings. The molecule has 0 radical (unpaired) electrons. The van der Waals surface area contributed by atoms with Crippen molar-refractivity contribution in [2.45, 2.75) is 115 Å². The minimum atomic E-state index is -1.06. The Kier molecular flexibility index (Phi) is 28.3. The van der Waals surface area contributed by atoms with Crippen LogP contribution in [0.25, 0.3) is 4.85 Å². The number of pyridine rings is 1. The lowest BCUT2D eigenvalue weighted by Gasteiger charge is -2.18. The average Bonchev–Trinajstić information content (AvgIpc) is 3.47. The fraction of sp³-hybridized carbons (Fsp3) is 0.239. The molecule has 76 heavy (non-hydrogen) atoms. The molecule has 8 aromatic carbocycles. The van der Waals surface area contributed by atoms with Gasteiger partial charge in [-0.25, -0.2) is 13.6 Å². The van der Waals surface area contributed by atoms with Gasteiger partial charge >= 0.3 is 0 Å². The maximum absolute atomic E-state index is 12.3. The first kappa shape index (κ1) is 57.8. The second kappa shape index (κ2) is 37.2. The first-order valence-corrected chi connectivity index (χ1v) is 28.9. The van der Waals surface area contributed by atoms with Gasteiger partial charge in [0, 0.05) is 12.4 Å². The van der Waals surface area contributed by atoms with Crippen LogP contribution in [0, 0.1) is 87.4 Å². The van der Waals surface area contributed by atoms with Crippen molar-refractivity contribution in [3.05, 3.63) is 315 Å². The Bertz CT molecular complexity index is 2900. The Morgan fingerprint density at radius 1 is 0.447 bits per heavy atom. The van der Waals surface area contributed by atoms with Crippen LogP contribution in [0.4, 0.5) is 14.5 Å². The van der Waals surface area contributed by atoms with E-state index in [1.807, 2.05) is 81.6 Å². The smallest absolute Gasteiger partial charge is 0.187 e. The summed E-state index contributed by atoms with van der Waals surface area (Å²) in [6.07, 6.45) is 3.60. The number of nitrogens with zero attached hydrogens (tertiary/aromatic N) is 2. The molecule has 0 bridgehead atoms. The first-order chi connectivity index (χ1) is 38.0. The normalized spacial score (nSPS) is 10.6. The molecule has 0 aliphatic heterocycles. The van der Waals surface area contributed by atoms with Crippen LogP contribution in [0.15, 0.2) is 231 Å². The summed E-state index contributed by atoms with van der Waals surface area (Å²) in [6, 6.07) is 59.9. The molecule has 9 aromatic rings. The predicted octanol–water partition coefficient (Wildman–Crippen LogP) is 20.3. The Labute approximate surface area is 467 Å². The Morgan fingerprint density at radius 2 is 0.868 bits per heavy atom. The van der Waals surface area contributed by atoms with Crippen LogP contribution in [0.1, 0.15) is 88.8 Å². The second-order valence-electron chi connectivity index (χ2n) is 20.3. The van der Waals surface area contributed by atoms with Crippen molar-refractivity contribution >= 4 is 18.9 Å². The lowest BCUT2D eigenvalue weighted by Crippen LogP contribution is -2.37. The summed E-state index contributed by atoms with van der Waals surface area (Å²) in [5, 5.41) is 1.54. The third-order valence-corrected chi connectivity index (χ3v) is 12.7. The average molecular weight is 1040 g/mol. The molecule has 0 saturated heterocycles. The van der Waals surface area contributed by atoms with Crippen molar-refractivity contribution in [1.29, 1.82) is 0 Å². The van der Waals surface area contributed by atoms with E-state index >= 15 is 0 Å². The van der Waals surface area contributed by atoms with Gasteiger partial charge in [-0.15, -0.1) is 0 Å². The van der Waals surface area contributed by atoms with E-state index in [2.05, 4.69) is 170 Å². The van der Waals surface area contributed by atoms with E-state index in [1.54, 1.807) is 48.6 Å². The van der Waals surface area contributed by atoms with Crippen molar-refractivity contribution in [2.75, 3.05) is 0 Å². The fourth-order valence-electron chi connectivity index (χ4n) is 5.82. The van der Waals surface area contributed by atoms with Crippen molar-refractivity contribution < 1.29 is 15.6 Å². The maximum atomic E-state index is 12.3. The Balaban J connectivity index is 0.000000458. The monoisotopic (exact) mass is 1040 g/mol. The van der Waals surface area contributed by atoms with Gasteiger partial charge in [-0.2, -0.15) is 0 Å². The quantitative estimate of drug-likeness (QED) is 0.118. The molecule has 5 heteroatoms. The van der Waals surface area contributed by atoms with Gasteiger partial charge in [0.15, 0.2) is 5.69 Å². The van der Waals surface area contributed by atoms with Gasteiger partial charge < -0.3 is 0 Å². The summed E-state index contributed by atoms with van der Waals surface area (Å²) >= 11 is 0. The highest BCUT2D eigenvalue weighted by molar-refractivity contribution is 6.88. The summed E-state index contributed by atoms with van der Waals surface area (Å²) in [7, 11) is -1.06. The molecule has 0 spiro atoms. The lowest BCUT2D eigenvalue weighted by atomic mass is 9.87. The Morgan fingerprint density at radius 3 is 1.20 bits per heavy atom. The summed E-state index contributed by atoms with van der Waals surface area (Å²) < 4.78 is 60.7. The molecule has 0 saturated carbocycles. The second-order valence-corrected chi connectivity index (χ2v) is 25.4. The van der Waals surface area contributed by atoms with Crippen molar-refractivity contribution in [1.82, 2.24) is 4.98 Å². The minimum Gasteiger partial charge on any atom is -0.264 e. The highest BCUT2D eigenvalue weighted by Gasteiger charge is 2.15. The highest BCUT2D eigenvalue weighted by atomic mass is 28.3. The molecule has 2 nitrogen and oxygen atoms in total. The largest absolute Gasteiger partial charge is 0.264 e. The van der Waals surface area contributed by atoms with Gasteiger partial charge in [-0.1, -0.05) is 284 Å². The molecule has 398 valence electrons. The molecule has 0 amide bonds. The molecule has 0 aliphatic rings. The van der Waals surface area contributed by atoms with Crippen LogP contribution < -0.4 is 5.19 Å². The maximum Gasteiger partial charge on any atom is 0.187 e. The lowest BCUT2D eigenvalue weighted by molar-refractivity contribution is 0.590. The molecule has 1 aromatic heterocycles. The standard InChI is InChI=1S/C11H16.C10H16Si.C8H7N.C8H10.2C7H7F.2C7H8.C6H7N/c2*1-9-5-7-10(8-6-9)11(2,3)4;1-7-4-3-5-8(6-7)9-2;1-7-3-5-8(2)6-4-7;1-6-2-4-7(8)5-3-6;1-6-4-2-3-5-7(6)8;2*1-7-5-3-2-4-6-7;1-6-3-2-4-7-5-6/h2*5-8H,1-4H3;3-6H,1H3;3-6H,1-2H3;2*2-5H,1H3;2*2-6H,1H3;2-5H,1H3/i;;;;;;2D,3D,4D,5D,6D;;. The fourth-order valence-corrected chi connectivity index (χ4v) is 6.99. The molecule has 1 heterocycles. The number of benzene rings is 8. The minimum absolute atomic E-state index is 0.124. The van der Waals surface area contributed by atoms with E-state index in [-0.39, 0.29) is 47.3 Å². The zero-order chi connectivity index (χ0) is 61.3. The van der Waals surface area contributed by atoms with Crippen LogP contribution >= 0.6 is 0 Å². The van der Waals surface area contributed by atoms with Crippen molar-refractivity contribution in [2.24, 2.45) is 0 Å². The molecule has 9 rings (SSSR count). The zero-order valence-electron chi connectivity index (χ0n) is 53.2. The van der Waals surface area contributed by atoms with E-state index in [4.69, 9.17) is 13.4 Å². The molecule has 0 atom stereocenters. The summed E-state index contributed by atoms with van der Waals surface area (Å²) in [5.41, 5.74) is 13.5. The van der Waals surface area contributed by atoms with Crippen molar-refractivity contribution in [3.8, 4) is 0 Å². The van der Waals surface area contributed by atoms with Gasteiger partial charge in [0.1, 0.15) is 11.6 Å². The van der Waals surface area contributed by atoms with Gasteiger partial charge in [-0.3, -0.25) is 4.98 Å². The predicted molar refractivity (Wildman–Crippen MR) is 331 cm³/mol. The van der Waals surface area contributed by atoms with E-state index < -0.39 is 8.07 Å². The Hall–Kier alpha value is -7.52. The summed E-state index contributed by atoms with van der Waals surface area (Å²) in [6.45, 7) is 40.2. The third-order valence-electron chi connectivity index (χ3n) is 10.6. The number of halogens is 2. The topological polar surface area (TPSA) is 17.2 Å². The van der Waals surface area contributed by atoms with Crippen LogP contribution in [0.2, 0.25) is 19.6 Å². The van der Waals surface area contributed by atoms with E-state index in [0.29, 0.717) is 11.1 Å². The number of aromatic nitrogens is 1. The SMILES string of the molecule is Cc1ccc(C(C)(C)C)cc1.Cc1ccc(C)cc1.Cc1ccc(F)cc1.Cc1ccc([Si](C)(C)C)cc1.Cc1ccccc1.Cc1ccccc1F.Cc1cccnc1.[2H]c1c([2H])c([2H])c(C)c([2H])c1[2H].[C-]#[N+]c1cccc(C)c1. The molecular weight excluding hydrogens is 947 g/mol. The zero-order valence-corrected chi connectivity index (χ0v) is 49.2. The molecule has 0 unspecified atom stereocenters. The first-order valence-electron chi connectivity index (χ1n) is 27.9. The van der Waals surface area contributed by atoms with Crippen molar-refractivity contribution in [3.63, 3.8) is 0 Å². The van der Waals surface area contributed by atoms with E-state index in [1.165, 1.54) is 64.1 Å². The van der Waals surface area contributed by atoms with E-state index in [0.717, 1.165) is 16.8 Å². The van der Waals surface area contributed by atoms with Crippen LogP contribution in [0.3, 0.4) is 0 Å². The number of rotatable bonds is 1. The van der Waals surface area contributed by atoms with Crippen LogP contribution in [0.5, 0.6) is 0 Å². The van der Waals surface area contributed by atoms with Gasteiger partial charge in [0.05, 0.1) is 21.5 Å². The molecular formula is C71H86F2N2Si. The van der Waals surface area contributed by atoms with Crippen LogP contribution in [-0.2, 0) is 5.41 Å². The number of aryl methyl sites for hydroxylation is 9. The van der Waals surface area contributed by atoms with Crippen LogP contribution in [-0.4, -0.2) is 13.1 Å².